The Hall–Kier alpha value is -1.42. The van der Waals surface area contributed by atoms with Crippen LogP contribution in [0.25, 0.3) is 10.4 Å². The molecule has 1 amide bonds. The fourth-order valence-electron chi connectivity index (χ4n) is 2.00. The fourth-order valence-corrected chi connectivity index (χ4v) is 2.00. The molecule has 96 valence electrons. The van der Waals surface area contributed by atoms with Crippen LogP contribution in [0.5, 0.6) is 0 Å². The highest BCUT2D eigenvalue weighted by atomic mass is 16.6. The molecule has 0 bridgehead atoms. The maximum atomic E-state index is 11.9. The van der Waals surface area contributed by atoms with E-state index in [0.29, 0.717) is 19.0 Å². The molecule has 6 nitrogen and oxygen atoms in total. The first-order chi connectivity index (χ1) is 7.83. The van der Waals surface area contributed by atoms with Crippen LogP contribution in [-0.2, 0) is 4.74 Å². The normalized spacial score (nSPS) is 24.4. The summed E-state index contributed by atoms with van der Waals surface area (Å²) < 4.78 is 5.33. The third kappa shape index (κ3) is 4.15. The maximum absolute atomic E-state index is 11.9. The van der Waals surface area contributed by atoms with Gasteiger partial charge in [-0.15, -0.1) is 0 Å². The van der Waals surface area contributed by atoms with E-state index in [4.69, 9.17) is 10.3 Å². The van der Waals surface area contributed by atoms with E-state index in [0.717, 1.165) is 6.42 Å². The van der Waals surface area contributed by atoms with Gasteiger partial charge in [0.1, 0.15) is 5.60 Å². The first-order valence-electron chi connectivity index (χ1n) is 5.84. The van der Waals surface area contributed by atoms with Gasteiger partial charge in [-0.3, -0.25) is 0 Å². The number of hydrogen-bond donors (Lipinski definition) is 0. The Kier molecular flexibility index (Phi) is 4.23. The highest BCUT2D eigenvalue weighted by Gasteiger charge is 2.35. The Labute approximate surface area is 102 Å². The van der Waals surface area contributed by atoms with Crippen LogP contribution in [0.15, 0.2) is 5.11 Å². The van der Waals surface area contributed by atoms with Crippen LogP contribution in [0, 0.1) is 5.92 Å². The van der Waals surface area contributed by atoms with Crippen LogP contribution in [0.1, 0.15) is 34.1 Å². The molecule has 0 N–H and O–H groups in total. The summed E-state index contributed by atoms with van der Waals surface area (Å²) in [6.45, 7) is 8.58. The molecule has 1 heterocycles. The van der Waals surface area contributed by atoms with E-state index in [2.05, 4.69) is 16.9 Å². The number of ether oxygens (including phenoxy) is 1. The van der Waals surface area contributed by atoms with Gasteiger partial charge in [0, 0.05) is 24.0 Å². The Bertz CT molecular complexity index is 331. The van der Waals surface area contributed by atoms with Gasteiger partial charge in [-0.25, -0.2) is 4.79 Å². The summed E-state index contributed by atoms with van der Waals surface area (Å²) in [6, 6.07) is -0.0317. The molecule has 0 radical (unpaired) electrons. The van der Waals surface area contributed by atoms with E-state index in [9.17, 15) is 4.79 Å². The predicted molar refractivity (Wildman–Crippen MR) is 64.5 cm³/mol. The number of likely N-dealkylation sites (tertiary alicyclic amines) is 1. The Morgan fingerprint density at radius 1 is 1.59 bits per heavy atom. The molecule has 0 spiro atoms. The topological polar surface area (TPSA) is 78.3 Å². The molecule has 0 saturated carbocycles. The molecule has 1 aliphatic heterocycles. The first kappa shape index (κ1) is 13.6. The number of nitrogens with zero attached hydrogens (tertiary/aromatic N) is 4. The van der Waals surface area contributed by atoms with Crippen LogP contribution < -0.4 is 0 Å². The minimum atomic E-state index is -0.494. The van der Waals surface area contributed by atoms with Crippen LogP contribution in [0.3, 0.4) is 0 Å². The van der Waals surface area contributed by atoms with E-state index < -0.39 is 5.60 Å². The Morgan fingerprint density at radius 3 is 2.76 bits per heavy atom. The van der Waals surface area contributed by atoms with Crippen molar-refractivity contribution in [3.63, 3.8) is 0 Å². The van der Waals surface area contributed by atoms with Gasteiger partial charge in [0.15, 0.2) is 0 Å². The van der Waals surface area contributed by atoms with Gasteiger partial charge in [0.2, 0.25) is 0 Å². The summed E-state index contributed by atoms with van der Waals surface area (Å²) in [5.74, 6) is 0.418. The van der Waals surface area contributed by atoms with E-state index >= 15 is 0 Å². The second kappa shape index (κ2) is 5.27. The van der Waals surface area contributed by atoms with Crippen LogP contribution in [0.2, 0.25) is 0 Å². The number of carbonyl (C=O) groups is 1. The van der Waals surface area contributed by atoms with Gasteiger partial charge in [0.05, 0.1) is 0 Å². The number of hydrogen-bond acceptors (Lipinski definition) is 3. The highest BCUT2D eigenvalue weighted by Crippen LogP contribution is 2.25. The van der Waals surface area contributed by atoms with Crippen molar-refractivity contribution >= 4 is 6.09 Å². The number of azide groups is 1. The van der Waals surface area contributed by atoms with Crippen molar-refractivity contribution in [2.24, 2.45) is 11.0 Å². The molecule has 0 aromatic heterocycles. The summed E-state index contributed by atoms with van der Waals surface area (Å²) >= 11 is 0. The Balaban J connectivity index is 2.66. The number of amides is 1. The second-order valence-corrected chi connectivity index (χ2v) is 5.54. The van der Waals surface area contributed by atoms with E-state index in [-0.39, 0.29) is 12.1 Å². The molecular weight excluding hydrogens is 220 g/mol. The maximum Gasteiger partial charge on any atom is 0.410 e. The fraction of sp³-hybridized carbons (Fsp3) is 0.909. The molecule has 0 aromatic rings. The van der Waals surface area contributed by atoms with Crippen molar-refractivity contribution in [2.45, 2.75) is 45.8 Å². The SMILES string of the molecule is C[C@@H]1C[C@@H](CN=[N+]=[N-])N(C(=O)OC(C)(C)C)C1. The third-order valence-corrected chi connectivity index (χ3v) is 2.61. The lowest BCUT2D eigenvalue weighted by atomic mass is 10.1. The smallest absolute Gasteiger partial charge is 0.410 e. The number of carbonyl (C=O) groups excluding carboxylic acids is 1. The van der Waals surface area contributed by atoms with Crippen LogP contribution in [-0.4, -0.2) is 35.7 Å². The summed E-state index contributed by atoms with van der Waals surface area (Å²) in [7, 11) is 0. The molecule has 17 heavy (non-hydrogen) atoms. The lowest BCUT2D eigenvalue weighted by Gasteiger charge is -2.27. The zero-order valence-electron chi connectivity index (χ0n) is 10.9. The standard InChI is InChI=1S/C11H20N4O2/c1-8-5-9(6-13-14-12)15(7-8)10(16)17-11(2,3)4/h8-9H,5-7H2,1-4H3/t8-,9+/m1/s1. The highest BCUT2D eigenvalue weighted by molar-refractivity contribution is 5.69. The van der Waals surface area contributed by atoms with Gasteiger partial charge in [-0.05, 0) is 38.6 Å². The van der Waals surface area contributed by atoms with Gasteiger partial charge in [-0.2, -0.15) is 0 Å². The lowest BCUT2D eigenvalue weighted by molar-refractivity contribution is 0.0228. The average Bonchev–Trinajstić information content (AvgIpc) is 2.54. The monoisotopic (exact) mass is 240 g/mol. The van der Waals surface area contributed by atoms with Crippen molar-refractivity contribution < 1.29 is 9.53 Å². The summed E-state index contributed by atoms with van der Waals surface area (Å²) in [4.78, 5) is 16.4. The summed E-state index contributed by atoms with van der Waals surface area (Å²) in [5, 5.41) is 3.55. The summed E-state index contributed by atoms with van der Waals surface area (Å²) in [6.07, 6.45) is 0.540. The zero-order chi connectivity index (χ0) is 13.1. The van der Waals surface area contributed by atoms with Crippen molar-refractivity contribution in [3.05, 3.63) is 10.4 Å². The molecule has 1 aliphatic rings. The van der Waals surface area contributed by atoms with Crippen molar-refractivity contribution in [3.8, 4) is 0 Å². The van der Waals surface area contributed by atoms with Crippen molar-refractivity contribution in [1.29, 1.82) is 0 Å². The van der Waals surface area contributed by atoms with E-state index in [1.165, 1.54) is 0 Å². The Morgan fingerprint density at radius 2 is 2.24 bits per heavy atom. The molecule has 1 rings (SSSR count). The first-order valence-corrected chi connectivity index (χ1v) is 5.84. The number of rotatable bonds is 2. The molecule has 2 atom stereocenters. The lowest BCUT2D eigenvalue weighted by Crippen LogP contribution is -2.41. The van der Waals surface area contributed by atoms with Crippen molar-refractivity contribution in [2.75, 3.05) is 13.1 Å². The van der Waals surface area contributed by atoms with Crippen LogP contribution >= 0.6 is 0 Å². The predicted octanol–water partition coefficient (Wildman–Crippen LogP) is 2.94. The van der Waals surface area contributed by atoms with Crippen molar-refractivity contribution in [1.82, 2.24) is 4.90 Å². The molecule has 6 heteroatoms. The molecule has 1 saturated heterocycles. The molecule has 0 aromatic carbocycles. The third-order valence-electron chi connectivity index (χ3n) is 2.61. The van der Waals surface area contributed by atoms with Gasteiger partial charge in [-0.1, -0.05) is 12.0 Å². The molecule has 0 unspecified atom stereocenters. The largest absolute Gasteiger partial charge is 0.444 e. The molecule has 0 aliphatic carbocycles. The van der Waals surface area contributed by atoms with E-state index in [1.807, 2.05) is 20.8 Å². The minimum Gasteiger partial charge on any atom is -0.444 e. The van der Waals surface area contributed by atoms with Gasteiger partial charge >= 0.3 is 6.09 Å². The second-order valence-electron chi connectivity index (χ2n) is 5.54. The minimum absolute atomic E-state index is 0.0317. The quantitative estimate of drug-likeness (QED) is 0.422. The summed E-state index contributed by atoms with van der Waals surface area (Å²) in [5.41, 5.74) is 7.83. The average molecular weight is 240 g/mol. The van der Waals surface area contributed by atoms with Crippen LogP contribution in [0.4, 0.5) is 4.79 Å². The molecular formula is C11H20N4O2. The zero-order valence-corrected chi connectivity index (χ0v) is 10.9. The molecule has 1 fully saturated rings. The van der Waals surface area contributed by atoms with Gasteiger partial charge in [0.25, 0.3) is 0 Å². The van der Waals surface area contributed by atoms with Gasteiger partial charge < -0.3 is 9.64 Å². The van der Waals surface area contributed by atoms with E-state index in [1.54, 1.807) is 4.90 Å².